The fourth-order valence-corrected chi connectivity index (χ4v) is 3.36. The lowest BCUT2D eigenvalue weighted by molar-refractivity contribution is 0.233. The van der Waals surface area contributed by atoms with E-state index in [1.165, 1.54) is 6.07 Å². The summed E-state index contributed by atoms with van der Waals surface area (Å²) in [6.45, 7) is 2.94. The molecule has 1 heterocycles. The Bertz CT molecular complexity index is 704. The predicted octanol–water partition coefficient (Wildman–Crippen LogP) is 4.95. The lowest BCUT2D eigenvalue weighted by atomic mass is 9.88. The van der Waals surface area contributed by atoms with Gasteiger partial charge in [0.25, 0.3) is 0 Å². The SMILES string of the molecule is Nc1ccc(F)cc1C1CCN(C/C=C/c2ccc(Cl)cc2)CC1. The van der Waals surface area contributed by atoms with Gasteiger partial charge < -0.3 is 5.73 Å². The number of benzene rings is 2. The molecule has 3 rings (SSSR count). The van der Waals surface area contributed by atoms with Crippen LogP contribution in [0.15, 0.2) is 48.5 Å². The number of rotatable bonds is 4. The molecule has 2 N–H and O–H groups in total. The average Bonchev–Trinajstić information content (AvgIpc) is 2.59. The van der Waals surface area contributed by atoms with Gasteiger partial charge in [-0.15, -0.1) is 0 Å². The number of nitrogens with zero attached hydrogens (tertiary/aromatic N) is 1. The van der Waals surface area contributed by atoms with Crippen molar-refractivity contribution in [2.45, 2.75) is 18.8 Å². The van der Waals surface area contributed by atoms with E-state index in [0.29, 0.717) is 11.6 Å². The molecule has 0 bridgehead atoms. The highest BCUT2D eigenvalue weighted by molar-refractivity contribution is 6.30. The molecule has 126 valence electrons. The third-order valence-electron chi connectivity index (χ3n) is 4.62. The van der Waals surface area contributed by atoms with Crippen LogP contribution in [0.4, 0.5) is 10.1 Å². The van der Waals surface area contributed by atoms with E-state index >= 15 is 0 Å². The summed E-state index contributed by atoms with van der Waals surface area (Å²) in [5.41, 5.74) is 8.83. The molecule has 0 aromatic heterocycles. The molecule has 0 amide bonds. The van der Waals surface area contributed by atoms with Gasteiger partial charge in [-0.1, -0.05) is 35.9 Å². The highest BCUT2D eigenvalue weighted by atomic mass is 35.5. The molecule has 1 aliphatic heterocycles. The Kier molecular flexibility index (Phi) is 5.54. The molecule has 24 heavy (non-hydrogen) atoms. The normalized spacial score (nSPS) is 16.8. The summed E-state index contributed by atoms with van der Waals surface area (Å²) in [6.07, 6.45) is 6.33. The van der Waals surface area contributed by atoms with Gasteiger partial charge in [-0.25, -0.2) is 4.39 Å². The molecule has 2 aromatic carbocycles. The van der Waals surface area contributed by atoms with Gasteiger partial charge in [-0.3, -0.25) is 4.90 Å². The van der Waals surface area contributed by atoms with Crippen LogP contribution in [0.1, 0.15) is 29.9 Å². The Morgan fingerprint density at radius 2 is 1.83 bits per heavy atom. The predicted molar refractivity (Wildman–Crippen MR) is 99.7 cm³/mol. The maximum atomic E-state index is 13.4. The maximum Gasteiger partial charge on any atom is 0.123 e. The number of hydrogen-bond acceptors (Lipinski definition) is 2. The molecule has 1 aliphatic rings. The second kappa shape index (κ2) is 7.82. The third-order valence-corrected chi connectivity index (χ3v) is 4.87. The number of piperidine rings is 1. The van der Waals surface area contributed by atoms with Crippen LogP contribution in [0.5, 0.6) is 0 Å². The molecule has 0 unspecified atom stereocenters. The summed E-state index contributed by atoms with van der Waals surface area (Å²) >= 11 is 5.89. The van der Waals surface area contributed by atoms with Crippen LogP contribution in [0.25, 0.3) is 6.08 Å². The van der Waals surface area contributed by atoms with Crippen molar-refractivity contribution in [3.05, 3.63) is 70.5 Å². The van der Waals surface area contributed by atoms with E-state index in [0.717, 1.165) is 48.6 Å². The van der Waals surface area contributed by atoms with Crippen molar-refractivity contribution < 1.29 is 4.39 Å². The van der Waals surface area contributed by atoms with E-state index in [4.69, 9.17) is 17.3 Å². The van der Waals surface area contributed by atoms with E-state index in [2.05, 4.69) is 17.1 Å². The van der Waals surface area contributed by atoms with E-state index in [-0.39, 0.29) is 5.82 Å². The van der Waals surface area contributed by atoms with Crippen LogP contribution < -0.4 is 5.73 Å². The summed E-state index contributed by atoms with van der Waals surface area (Å²) in [6, 6.07) is 12.5. The van der Waals surface area contributed by atoms with Gasteiger partial charge in [0.15, 0.2) is 0 Å². The first-order valence-electron chi connectivity index (χ1n) is 8.31. The standard InChI is InChI=1S/C20H22ClFN2/c21-17-5-3-15(4-6-17)2-1-11-24-12-9-16(10-13-24)19-14-18(22)7-8-20(19)23/h1-8,14,16H,9-13,23H2/b2-1+. The number of hydrogen-bond donors (Lipinski definition) is 1. The molecule has 0 radical (unpaired) electrons. The molecule has 2 nitrogen and oxygen atoms in total. The lowest BCUT2D eigenvalue weighted by Gasteiger charge is -2.32. The largest absolute Gasteiger partial charge is 0.398 e. The molecular formula is C20H22ClFN2. The van der Waals surface area contributed by atoms with Crippen LogP contribution >= 0.6 is 11.6 Å². The van der Waals surface area contributed by atoms with Crippen molar-refractivity contribution in [1.29, 1.82) is 0 Å². The third kappa shape index (κ3) is 4.37. The highest BCUT2D eigenvalue weighted by Gasteiger charge is 2.21. The average molecular weight is 345 g/mol. The lowest BCUT2D eigenvalue weighted by Crippen LogP contribution is -2.33. The number of halogens is 2. The van der Waals surface area contributed by atoms with Crippen molar-refractivity contribution in [2.75, 3.05) is 25.4 Å². The molecule has 4 heteroatoms. The minimum Gasteiger partial charge on any atom is -0.398 e. The Morgan fingerprint density at radius 3 is 2.54 bits per heavy atom. The van der Waals surface area contributed by atoms with Crippen molar-refractivity contribution >= 4 is 23.4 Å². The first-order valence-corrected chi connectivity index (χ1v) is 8.69. The van der Waals surface area contributed by atoms with Gasteiger partial charge in [0.1, 0.15) is 5.82 Å². The zero-order chi connectivity index (χ0) is 16.9. The Labute approximate surface area is 147 Å². The fraction of sp³-hybridized carbons (Fsp3) is 0.300. The van der Waals surface area contributed by atoms with Crippen molar-refractivity contribution in [1.82, 2.24) is 4.90 Å². The maximum absolute atomic E-state index is 13.4. The molecule has 0 atom stereocenters. The first kappa shape index (κ1) is 17.0. The van der Waals surface area contributed by atoms with Gasteiger partial charge >= 0.3 is 0 Å². The van der Waals surface area contributed by atoms with Gasteiger partial charge in [0, 0.05) is 17.3 Å². The Morgan fingerprint density at radius 1 is 1.12 bits per heavy atom. The summed E-state index contributed by atoms with van der Waals surface area (Å²) in [7, 11) is 0. The van der Waals surface area contributed by atoms with Crippen LogP contribution in [0.2, 0.25) is 5.02 Å². The minimum absolute atomic E-state index is 0.201. The number of nitrogens with two attached hydrogens (primary N) is 1. The van der Waals surface area contributed by atoms with Crippen molar-refractivity contribution in [3.8, 4) is 0 Å². The zero-order valence-corrected chi connectivity index (χ0v) is 14.3. The van der Waals surface area contributed by atoms with Gasteiger partial charge in [0.05, 0.1) is 0 Å². The number of anilines is 1. The molecule has 1 saturated heterocycles. The van der Waals surface area contributed by atoms with Crippen LogP contribution in [-0.4, -0.2) is 24.5 Å². The van der Waals surface area contributed by atoms with Crippen molar-refractivity contribution in [3.63, 3.8) is 0 Å². The van der Waals surface area contributed by atoms with E-state index in [1.54, 1.807) is 12.1 Å². The molecule has 0 spiro atoms. The smallest absolute Gasteiger partial charge is 0.123 e. The van der Waals surface area contributed by atoms with Crippen LogP contribution in [0, 0.1) is 5.82 Å². The summed E-state index contributed by atoms with van der Waals surface area (Å²) < 4.78 is 13.4. The summed E-state index contributed by atoms with van der Waals surface area (Å²) in [5.74, 6) is 0.157. The van der Waals surface area contributed by atoms with E-state index in [9.17, 15) is 4.39 Å². The second-order valence-electron chi connectivity index (χ2n) is 6.30. The Hall–Kier alpha value is -1.84. The first-order chi connectivity index (χ1) is 11.6. The van der Waals surface area contributed by atoms with Crippen molar-refractivity contribution in [2.24, 2.45) is 0 Å². The van der Waals surface area contributed by atoms with Gasteiger partial charge in [0.2, 0.25) is 0 Å². The minimum atomic E-state index is -0.201. The monoisotopic (exact) mass is 344 g/mol. The zero-order valence-electron chi connectivity index (χ0n) is 13.6. The number of nitrogen functional groups attached to an aromatic ring is 1. The summed E-state index contributed by atoms with van der Waals surface area (Å²) in [4.78, 5) is 2.42. The molecular weight excluding hydrogens is 323 g/mol. The highest BCUT2D eigenvalue weighted by Crippen LogP contribution is 2.32. The molecule has 0 saturated carbocycles. The molecule has 2 aromatic rings. The quantitative estimate of drug-likeness (QED) is 0.795. The van der Waals surface area contributed by atoms with Gasteiger partial charge in [-0.05, 0) is 73.3 Å². The van der Waals surface area contributed by atoms with E-state index < -0.39 is 0 Å². The Balaban J connectivity index is 1.52. The molecule has 1 fully saturated rings. The van der Waals surface area contributed by atoms with Crippen LogP contribution in [0.3, 0.4) is 0 Å². The topological polar surface area (TPSA) is 29.3 Å². The molecule has 0 aliphatic carbocycles. The number of likely N-dealkylation sites (tertiary alicyclic amines) is 1. The van der Waals surface area contributed by atoms with Crippen LogP contribution in [-0.2, 0) is 0 Å². The summed E-state index contributed by atoms with van der Waals surface area (Å²) in [5, 5.41) is 0.755. The fourth-order valence-electron chi connectivity index (χ4n) is 3.24. The van der Waals surface area contributed by atoms with E-state index in [1.807, 2.05) is 24.3 Å². The second-order valence-corrected chi connectivity index (χ2v) is 6.74. The van der Waals surface area contributed by atoms with Gasteiger partial charge in [-0.2, -0.15) is 0 Å².